The van der Waals surface area contributed by atoms with Crippen LogP contribution in [-0.4, -0.2) is 48.8 Å². The molecule has 0 saturated heterocycles. The first-order chi connectivity index (χ1) is 19.0. The van der Waals surface area contributed by atoms with E-state index in [1.54, 1.807) is 30.9 Å². The number of pyridine rings is 1. The van der Waals surface area contributed by atoms with Gasteiger partial charge in [-0.05, 0) is 78.1 Å². The summed E-state index contributed by atoms with van der Waals surface area (Å²) in [6.07, 6.45) is 4.66. The van der Waals surface area contributed by atoms with Crippen molar-refractivity contribution < 1.29 is 32.2 Å². The lowest BCUT2D eigenvalue weighted by Gasteiger charge is -2.19. The minimum Gasteiger partial charge on any atom is -0.490 e. The van der Waals surface area contributed by atoms with Crippen molar-refractivity contribution in [2.75, 3.05) is 24.4 Å². The number of aryl methyl sites for hydroxylation is 1. The van der Waals surface area contributed by atoms with Gasteiger partial charge in [-0.3, -0.25) is 4.79 Å². The van der Waals surface area contributed by atoms with E-state index in [0.29, 0.717) is 17.9 Å². The van der Waals surface area contributed by atoms with Gasteiger partial charge in [0.15, 0.2) is 11.6 Å². The number of ether oxygens (including phenoxy) is 2. The molecule has 2 atom stereocenters. The average Bonchev–Trinajstić information content (AvgIpc) is 3.48. The molecule has 2 heterocycles. The Morgan fingerprint density at radius 2 is 2.02 bits per heavy atom. The fraction of sp³-hybridized carbons (Fsp3) is 0.400. The Bertz CT molecular complexity index is 1570. The van der Waals surface area contributed by atoms with Crippen LogP contribution in [0.25, 0.3) is 11.1 Å². The van der Waals surface area contributed by atoms with Gasteiger partial charge in [0.1, 0.15) is 15.9 Å². The van der Waals surface area contributed by atoms with Crippen molar-refractivity contribution in [3.63, 3.8) is 0 Å². The number of sulfone groups is 1. The third-order valence-corrected chi connectivity index (χ3v) is 9.76. The number of aliphatic carboxylic acids is 1. The number of carboxylic acid groups (broad SMARTS) is 1. The monoisotopic (exact) mass is 585 g/mol. The summed E-state index contributed by atoms with van der Waals surface area (Å²) in [5.41, 5.74) is 6.30. The van der Waals surface area contributed by atoms with Crippen LogP contribution in [-0.2, 0) is 21.1 Å². The van der Waals surface area contributed by atoms with Crippen molar-refractivity contribution in [3.05, 3.63) is 70.2 Å². The molecule has 1 aliphatic carbocycles. The van der Waals surface area contributed by atoms with Crippen molar-refractivity contribution in [2.45, 2.75) is 56.4 Å². The first-order valence-corrected chi connectivity index (χ1v) is 16.3. The van der Waals surface area contributed by atoms with Crippen LogP contribution in [0, 0.1) is 19.7 Å². The highest BCUT2D eigenvalue weighted by Crippen LogP contribution is 2.45. The van der Waals surface area contributed by atoms with Gasteiger partial charge in [-0.2, -0.15) is 0 Å². The van der Waals surface area contributed by atoms with Crippen molar-refractivity contribution in [1.29, 1.82) is 0 Å². The summed E-state index contributed by atoms with van der Waals surface area (Å²) >= 11 is 1.63. The molecule has 1 N–H and O–H groups in total. The lowest BCUT2D eigenvalue weighted by atomic mass is 9.90. The molecule has 2 aliphatic rings. The zero-order valence-electron chi connectivity index (χ0n) is 22.7. The topological polar surface area (TPSA) is 103 Å². The van der Waals surface area contributed by atoms with Crippen LogP contribution < -0.4 is 9.47 Å². The number of halogens is 1. The van der Waals surface area contributed by atoms with E-state index in [4.69, 9.17) is 9.47 Å². The molecule has 40 heavy (non-hydrogen) atoms. The van der Waals surface area contributed by atoms with E-state index < -0.39 is 21.6 Å². The number of carboxylic acids is 1. The van der Waals surface area contributed by atoms with E-state index >= 15 is 4.39 Å². The van der Waals surface area contributed by atoms with Crippen LogP contribution >= 0.6 is 11.8 Å². The zero-order chi connectivity index (χ0) is 28.6. The Kier molecular flexibility index (Phi) is 8.10. The summed E-state index contributed by atoms with van der Waals surface area (Å²) in [6.45, 7) is 3.79. The average molecular weight is 586 g/mol. The summed E-state index contributed by atoms with van der Waals surface area (Å²) in [5, 5.41) is 9.17. The SMILES string of the molecule is Cc1cc(OCCCS(C)(=O)=O)c(F)c(C)c1-c1cccc2c1CCC2Oc1cc2c(cn1)C(CC(=O)O)CS2. The first-order valence-electron chi connectivity index (χ1n) is 13.3. The van der Waals surface area contributed by atoms with Crippen molar-refractivity contribution >= 4 is 27.6 Å². The van der Waals surface area contributed by atoms with E-state index in [1.165, 1.54) is 6.26 Å². The van der Waals surface area contributed by atoms with Crippen molar-refractivity contribution in [1.82, 2.24) is 4.98 Å². The molecule has 0 bridgehead atoms. The fourth-order valence-electron chi connectivity index (χ4n) is 5.65. The summed E-state index contributed by atoms with van der Waals surface area (Å²) in [5.74, 6) is 0.0779. The number of thioether (sulfide) groups is 1. The second kappa shape index (κ2) is 11.4. The third kappa shape index (κ3) is 5.98. The van der Waals surface area contributed by atoms with E-state index in [1.807, 2.05) is 31.2 Å². The molecule has 2 aromatic carbocycles. The van der Waals surface area contributed by atoms with Crippen LogP contribution in [0.15, 0.2) is 41.4 Å². The summed E-state index contributed by atoms with van der Waals surface area (Å²) in [4.78, 5) is 16.7. The van der Waals surface area contributed by atoms with Crippen LogP contribution in [0.2, 0.25) is 0 Å². The van der Waals surface area contributed by atoms with Crippen LogP contribution in [0.5, 0.6) is 11.6 Å². The molecule has 5 rings (SSSR count). The highest BCUT2D eigenvalue weighted by Gasteiger charge is 2.30. The number of hydrogen-bond acceptors (Lipinski definition) is 7. The third-order valence-electron chi connectivity index (χ3n) is 7.50. The minimum atomic E-state index is -3.10. The molecule has 1 aliphatic heterocycles. The number of carbonyl (C=O) groups is 1. The van der Waals surface area contributed by atoms with Gasteiger partial charge < -0.3 is 14.6 Å². The van der Waals surface area contributed by atoms with Gasteiger partial charge in [0.2, 0.25) is 5.88 Å². The predicted octanol–water partition coefficient (Wildman–Crippen LogP) is 6.05. The standard InChI is InChI=1S/C30H32FNO6S2/c1-17-12-25(37-10-5-11-40(3,35)36)30(31)18(2)29(17)22-7-4-6-21-20(22)8-9-24(21)38-27-14-26-23(15-32-27)19(16-39-26)13-28(33)34/h4,6-7,12,14-15,19,24H,5,8-11,13,16H2,1-3H3,(H,33,34). The van der Waals surface area contributed by atoms with Crippen molar-refractivity contribution in [3.8, 4) is 22.8 Å². The second-order valence-corrected chi connectivity index (χ2v) is 13.8. The zero-order valence-corrected chi connectivity index (χ0v) is 24.3. The molecular formula is C30H32FNO6S2. The van der Waals surface area contributed by atoms with Gasteiger partial charge in [0, 0.05) is 35.1 Å². The highest BCUT2D eigenvalue weighted by atomic mass is 32.2. The minimum absolute atomic E-state index is 0.00485. The van der Waals surface area contributed by atoms with E-state index in [2.05, 4.69) is 4.98 Å². The predicted molar refractivity (Wildman–Crippen MR) is 153 cm³/mol. The summed E-state index contributed by atoms with van der Waals surface area (Å²) < 4.78 is 50.1. The normalized spacial score (nSPS) is 17.9. The van der Waals surface area contributed by atoms with Gasteiger partial charge >= 0.3 is 5.97 Å². The molecule has 0 spiro atoms. The van der Waals surface area contributed by atoms with Crippen molar-refractivity contribution in [2.24, 2.45) is 0 Å². The lowest BCUT2D eigenvalue weighted by molar-refractivity contribution is -0.137. The Morgan fingerprint density at radius 3 is 2.77 bits per heavy atom. The Labute approximate surface area is 238 Å². The molecule has 0 fully saturated rings. The van der Waals surface area contributed by atoms with E-state index in [9.17, 15) is 18.3 Å². The summed E-state index contributed by atoms with van der Waals surface area (Å²) in [6, 6.07) is 9.61. The van der Waals surface area contributed by atoms with Crippen LogP contribution in [0.3, 0.4) is 0 Å². The number of fused-ring (bicyclic) bond motifs is 2. The number of aromatic nitrogens is 1. The van der Waals surface area contributed by atoms with Gasteiger partial charge in [0.05, 0.1) is 18.8 Å². The quantitative estimate of drug-likeness (QED) is 0.287. The molecule has 212 valence electrons. The highest BCUT2D eigenvalue weighted by molar-refractivity contribution is 7.99. The molecule has 10 heteroatoms. The van der Waals surface area contributed by atoms with E-state index in [0.717, 1.165) is 56.9 Å². The number of benzene rings is 2. The maximum Gasteiger partial charge on any atom is 0.303 e. The van der Waals surface area contributed by atoms with Gasteiger partial charge in [-0.1, -0.05) is 18.2 Å². The molecule has 3 aromatic rings. The lowest BCUT2D eigenvalue weighted by Crippen LogP contribution is -2.09. The van der Waals surface area contributed by atoms with Gasteiger partial charge in [0.25, 0.3) is 0 Å². The maximum atomic E-state index is 15.4. The second-order valence-electron chi connectivity index (χ2n) is 10.5. The number of nitrogens with zero attached hydrogens (tertiary/aromatic N) is 1. The van der Waals surface area contributed by atoms with Gasteiger partial charge in [-0.15, -0.1) is 11.8 Å². The van der Waals surface area contributed by atoms with Crippen LogP contribution in [0.1, 0.15) is 59.1 Å². The molecule has 0 amide bonds. The smallest absolute Gasteiger partial charge is 0.303 e. The molecule has 0 saturated carbocycles. The fourth-order valence-corrected chi connectivity index (χ4v) is 7.54. The Morgan fingerprint density at radius 1 is 1.23 bits per heavy atom. The molecule has 1 aromatic heterocycles. The Hall–Kier alpha value is -3.11. The number of hydrogen-bond donors (Lipinski definition) is 1. The number of rotatable bonds is 10. The summed E-state index contributed by atoms with van der Waals surface area (Å²) in [7, 11) is -3.10. The van der Waals surface area contributed by atoms with E-state index in [-0.39, 0.29) is 36.6 Å². The molecule has 0 radical (unpaired) electrons. The Balaban J connectivity index is 1.36. The van der Waals surface area contributed by atoms with Gasteiger partial charge in [-0.25, -0.2) is 17.8 Å². The molecule has 7 nitrogen and oxygen atoms in total. The first kappa shape index (κ1) is 28.4. The molecular weight excluding hydrogens is 553 g/mol. The van der Waals surface area contributed by atoms with Crippen LogP contribution in [0.4, 0.5) is 4.39 Å². The molecule has 2 unspecified atom stereocenters. The largest absolute Gasteiger partial charge is 0.490 e. The maximum absolute atomic E-state index is 15.4.